The second-order valence-corrected chi connectivity index (χ2v) is 3.15. The maximum absolute atomic E-state index is 9.26. The minimum atomic E-state index is 0.272. The van der Waals surface area contributed by atoms with E-state index in [-0.39, 0.29) is 5.75 Å². The van der Waals surface area contributed by atoms with Crippen LogP contribution in [0.3, 0.4) is 0 Å². The zero-order valence-corrected chi connectivity index (χ0v) is 8.59. The number of aromatic hydroxyl groups is 1. The van der Waals surface area contributed by atoms with Crippen molar-refractivity contribution < 1.29 is 5.11 Å². The van der Waals surface area contributed by atoms with E-state index in [1.165, 1.54) is 0 Å². The second-order valence-electron chi connectivity index (χ2n) is 3.15. The monoisotopic (exact) mass is 189 g/mol. The van der Waals surface area contributed by atoms with Crippen molar-refractivity contribution in [2.24, 2.45) is 0 Å². The third-order valence-corrected chi connectivity index (χ3v) is 1.94. The lowest BCUT2D eigenvalue weighted by Crippen LogP contribution is -2.05. The molecule has 1 aromatic rings. The summed E-state index contributed by atoms with van der Waals surface area (Å²) in [7, 11) is 1.90. The van der Waals surface area contributed by atoms with Crippen LogP contribution in [0.1, 0.15) is 17.5 Å². The normalized spacial score (nSPS) is 9.29. The van der Waals surface area contributed by atoms with Crippen LogP contribution in [0.4, 0.5) is 0 Å². The van der Waals surface area contributed by atoms with Crippen molar-refractivity contribution in [3.63, 3.8) is 0 Å². The number of phenols is 1. The topological polar surface area (TPSA) is 32.3 Å². The maximum Gasteiger partial charge on any atom is 0.116 e. The van der Waals surface area contributed by atoms with Gasteiger partial charge in [-0.25, -0.2) is 0 Å². The molecule has 0 fully saturated rings. The highest BCUT2D eigenvalue weighted by Crippen LogP contribution is 2.14. The first-order valence-corrected chi connectivity index (χ1v) is 4.67. The summed E-state index contributed by atoms with van der Waals surface area (Å²) in [6, 6.07) is 5.24. The molecule has 0 bridgehead atoms. The summed E-state index contributed by atoms with van der Waals surface area (Å²) in [5.74, 6) is 6.36. The van der Waals surface area contributed by atoms with Gasteiger partial charge in [-0.3, -0.25) is 0 Å². The number of hydrogen-bond donors (Lipinski definition) is 2. The Morgan fingerprint density at radius 3 is 2.93 bits per heavy atom. The van der Waals surface area contributed by atoms with Gasteiger partial charge in [-0.1, -0.05) is 17.9 Å². The Hall–Kier alpha value is -1.46. The van der Waals surface area contributed by atoms with Crippen molar-refractivity contribution in [1.82, 2.24) is 5.32 Å². The quantitative estimate of drug-likeness (QED) is 0.548. The predicted molar refractivity (Wildman–Crippen MR) is 58.3 cm³/mol. The third-order valence-electron chi connectivity index (χ3n) is 1.94. The zero-order chi connectivity index (χ0) is 10.4. The minimum absolute atomic E-state index is 0.272. The number of hydrogen-bond acceptors (Lipinski definition) is 2. The molecule has 0 atom stereocenters. The minimum Gasteiger partial charge on any atom is -0.508 e. The Morgan fingerprint density at radius 2 is 2.21 bits per heavy atom. The highest BCUT2D eigenvalue weighted by molar-refractivity contribution is 5.44. The lowest BCUT2D eigenvalue weighted by atomic mass is 10.1. The summed E-state index contributed by atoms with van der Waals surface area (Å²) in [4.78, 5) is 0. The molecule has 2 heteroatoms. The van der Waals surface area contributed by atoms with Gasteiger partial charge in [0.2, 0.25) is 0 Å². The highest BCUT2D eigenvalue weighted by Gasteiger charge is 1.94. The van der Waals surface area contributed by atoms with Crippen molar-refractivity contribution in [1.29, 1.82) is 0 Å². The van der Waals surface area contributed by atoms with E-state index in [4.69, 9.17) is 0 Å². The van der Waals surface area contributed by atoms with Gasteiger partial charge >= 0.3 is 0 Å². The van der Waals surface area contributed by atoms with E-state index in [1.807, 2.05) is 20.0 Å². The predicted octanol–water partition coefficient (Wildman–Crippen LogP) is 1.66. The van der Waals surface area contributed by atoms with Gasteiger partial charge in [0.25, 0.3) is 0 Å². The van der Waals surface area contributed by atoms with Gasteiger partial charge in [0, 0.05) is 18.5 Å². The molecule has 0 saturated carbocycles. The molecule has 0 heterocycles. The number of rotatable bonds is 2. The van der Waals surface area contributed by atoms with Crippen LogP contribution in [0.2, 0.25) is 0 Å². The zero-order valence-electron chi connectivity index (χ0n) is 8.59. The molecular formula is C12H15NO. The SMILES string of the molecule is CNCCC#Cc1cc(O)ccc1C. The fourth-order valence-electron chi connectivity index (χ4n) is 1.09. The molecule has 74 valence electrons. The van der Waals surface area contributed by atoms with Crippen LogP contribution in [-0.2, 0) is 0 Å². The number of aryl methyl sites for hydroxylation is 1. The molecule has 0 aliphatic heterocycles. The van der Waals surface area contributed by atoms with Gasteiger partial charge in [-0.05, 0) is 31.7 Å². The summed E-state index contributed by atoms with van der Waals surface area (Å²) < 4.78 is 0. The summed E-state index contributed by atoms with van der Waals surface area (Å²) in [6.07, 6.45) is 0.825. The summed E-state index contributed by atoms with van der Waals surface area (Å²) in [5, 5.41) is 12.3. The Balaban J connectivity index is 2.73. The Kier molecular flexibility index (Phi) is 4.03. The molecule has 0 saturated heterocycles. The van der Waals surface area contributed by atoms with Crippen LogP contribution in [0.5, 0.6) is 5.75 Å². The molecule has 0 amide bonds. The Labute approximate surface area is 85.0 Å². The second kappa shape index (κ2) is 5.31. The number of phenolic OH excluding ortho intramolecular Hbond substituents is 1. The van der Waals surface area contributed by atoms with E-state index < -0.39 is 0 Å². The van der Waals surface area contributed by atoms with Gasteiger partial charge in [-0.15, -0.1) is 0 Å². The van der Waals surface area contributed by atoms with Gasteiger partial charge < -0.3 is 10.4 Å². The smallest absolute Gasteiger partial charge is 0.116 e. The van der Waals surface area contributed by atoms with Crippen LogP contribution >= 0.6 is 0 Å². The lowest BCUT2D eigenvalue weighted by molar-refractivity contribution is 0.475. The van der Waals surface area contributed by atoms with Crippen molar-refractivity contribution in [2.75, 3.05) is 13.6 Å². The molecule has 14 heavy (non-hydrogen) atoms. The molecule has 0 aliphatic carbocycles. The van der Waals surface area contributed by atoms with Gasteiger partial charge in [0.05, 0.1) is 0 Å². The molecular weight excluding hydrogens is 174 g/mol. The maximum atomic E-state index is 9.26. The molecule has 0 radical (unpaired) electrons. The molecule has 2 nitrogen and oxygen atoms in total. The van der Waals surface area contributed by atoms with E-state index in [0.29, 0.717) is 0 Å². The molecule has 0 unspecified atom stereocenters. The largest absolute Gasteiger partial charge is 0.508 e. The first-order valence-electron chi connectivity index (χ1n) is 4.67. The van der Waals surface area contributed by atoms with Crippen LogP contribution < -0.4 is 5.32 Å². The fourth-order valence-corrected chi connectivity index (χ4v) is 1.09. The average Bonchev–Trinajstić information content (AvgIpc) is 2.18. The lowest BCUT2D eigenvalue weighted by Gasteiger charge is -1.98. The van der Waals surface area contributed by atoms with Gasteiger partial charge in [0.15, 0.2) is 0 Å². The molecule has 0 aliphatic rings. The number of benzene rings is 1. The molecule has 1 rings (SSSR count). The fraction of sp³-hybridized carbons (Fsp3) is 0.333. The average molecular weight is 189 g/mol. The Bertz CT molecular complexity index is 360. The first kappa shape index (κ1) is 10.6. The summed E-state index contributed by atoms with van der Waals surface area (Å²) >= 11 is 0. The van der Waals surface area contributed by atoms with E-state index in [1.54, 1.807) is 12.1 Å². The van der Waals surface area contributed by atoms with Crippen LogP contribution in [-0.4, -0.2) is 18.7 Å². The van der Waals surface area contributed by atoms with E-state index >= 15 is 0 Å². The van der Waals surface area contributed by atoms with Crippen molar-refractivity contribution >= 4 is 0 Å². The molecule has 2 N–H and O–H groups in total. The number of nitrogens with one attached hydrogen (secondary N) is 1. The van der Waals surface area contributed by atoms with E-state index in [2.05, 4.69) is 17.2 Å². The summed E-state index contributed by atoms with van der Waals surface area (Å²) in [6.45, 7) is 2.88. The van der Waals surface area contributed by atoms with Gasteiger partial charge in [-0.2, -0.15) is 0 Å². The van der Waals surface area contributed by atoms with E-state index in [9.17, 15) is 5.11 Å². The van der Waals surface area contributed by atoms with Crippen LogP contribution in [0.25, 0.3) is 0 Å². The van der Waals surface area contributed by atoms with Crippen molar-refractivity contribution in [3.8, 4) is 17.6 Å². The van der Waals surface area contributed by atoms with Crippen LogP contribution in [0.15, 0.2) is 18.2 Å². The third kappa shape index (κ3) is 3.12. The highest BCUT2D eigenvalue weighted by atomic mass is 16.3. The molecule has 0 aromatic heterocycles. The molecule has 0 spiro atoms. The van der Waals surface area contributed by atoms with Gasteiger partial charge in [0.1, 0.15) is 5.75 Å². The van der Waals surface area contributed by atoms with E-state index in [0.717, 1.165) is 24.1 Å². The van der Waals surface area contributed by atoms with Crippen molar-refractivity contribution in [2.45, 2.75) is 13.3 Å². The summed E-state index contributed by atoms with van der Waals surface area (Å²) in [5.41, 5.74) is 2.00. The standard InChI is InChI=1S/C12H15NO/c1-10-6-7-12(14)9-11(10)5-3-4-8-13-2/h6-7,9,13-14H,4,8H2,1-2H3. The molecule has 1 aromatic carbocycles. The van der Waals surface area contributed by atoms with Crippen LogP contribution in [0, 0.1) is 18.8 Å². The first-order chi connectivity index (χ1) is 6.74. The van der Waals surface area contributed by atoms with Crippen molar-refractivity contribution in [3.05, 3.63) is 29.3 Å². The Morgan fingerprint density at radius 1 is 1.43 bits per heavy atom.